The summed E-state index contributed by atoms with van der Waals surface area (Å²) in [6.07, 6.45) is 0. The van der Waals surface area contributed by atoms with E-state index in [0.717, 1.165) is 10.4 Å². The minimum absolute atomic E-state index is 0.0362. The fourth-order valence-electron chi connectivity index (χ4n) is 3.03. The summed E-state index contributed by atoms with van der Waals surface area (Å²) in [6.45, 7) is 1.27. The van der Waals surface area contributed by atoms with Crippen molar-refractivity contribution in [2.45, 2.75) is 11.8 Å². The largest absolute Gasteiger partial charge is 0.462 e. The highest BCUT2D eigenvalue weighted by molar-refractivity contribution is 7.92. The molecule has 3 rings (SSSR count). The molecular formula is C23H21N3O7S. The van der Waals surface area contributed by atoms with E-state index >= 15 is 0 Å². The predicted octanol–water partition coefficient (Wildman–Crippen LogP) is 3.61. The van der Waals surface area contributed by atoms with Gasteiger partial charge in [-0.3, -0.25) is 19.2 Å². The molecule has 3 aromatic rings. The molecule has 0 saturated heterocycles. The highest BCUT2D eigenvalue weighted by Gasteiger charge is 2.28. The smallest absolute Gasteiger partial charge is 0.338 e. The number of nitro groups is 1. The molecule has 0 aromatic heterocycles. The van der Waals surface area contributed by atoms with E-state index in [2.05, 4.69) is 5.32 Å². The van der Waals surface area contributed by atoms with E-state index in [0.29, 0.717) is 11.3 Å². The van der Waals surface area contributed by atoms with Crippen molar-refractivity contribution in [3.05, 3.63) is 94.5 Å². The Morgan fingerprint density at radius 1 is 1.00 bits per heavy atom. The number of hydrogen-bond donors (Lipinski definition) is 1. The summed E-state index contributed by atoms with van der Waals surface area (Å²) in [5, 5.41) is 13.8. The number of sulfonamides is 1. The number of rotatable bonds is 9. The average Bonchev–Trinajstić information content (AvgIpc) is 2.83. The van der Waals surface area contributed by atoms with Crippen molar-refractivity contribution in [1.82, 2.24) is 0 Å². The second kappa shape index (κ2) is 10.6. The lowest BCUT2D eigenvalue weighted by Gasteiger charge is -2.24. The summed E-state index contributed by atoms with van der Waals surface area (Å²) in [6, 6.07) is 18.3. The van der Waals surface area contributed by atoms with Gasteiger partial charge in [-0.2, -0.15) is 0 Å². The molecule has 3 aromatic carbocycles. The van der Waals surface area contributed by atoms with Gasteiger partial charge in [0.05, 0.1) is 27.7 Å². The van der Waals surface area contributed by atoms with E-state index in [4.69, 9.17) is 4.74 Å². The van der Waals surface area contributed by atoms with Gasteiger partial charge in [-0.15, -0.1) is 0 Å². The van der Waals surface area contributed by atoms with Crippen LogP contribution in [0.3, 0.4) is 0 Å². The second-order valence-electron chi connectivity index (χ2n) is 6.95. The van der Waals surface area contributed by atoms with Gasteiger partial charge < -0.3 is 10.1 Å². The summed E-state index contributed by atoms with van der Waals surface area (Å²) in [5.41, 5.74) is 0.269. The van der Waals surface area contributed by atoms with Crippen molar-refractivity contribution >= 4 is 39.0 Å². The Hall–Kier alpha value is -4.25. The Kier molecular flexibility index (Phi) is 7.59. The van der Waals surface area contributed by atoms with E-state index in [1.54, 1.807) is 13.0 Å². The molecule has 0 aliphatic heterocycles. The van der Waals surface area contributed by atoms with Crippen LogP contribution >= 0.6 is 0 Å². The minimum Gasteiger partial charge on any atom is -0.462 e. The molecule has 0 aliphatic carbocycles. The first-order valence-corrected chi connectivity index (χ1v) is 11.6. The van der Waals surface area contributed by atoms with Crippen LogP contribution in [0.2, 0.25) is 0 Å². The van der Waals surface area contributed by atoms with Crippen molar-refractivity contribution in [3.8, 4) is 0 Å². The van der Waals surface area contributed by atoms with E-state index in [9.17, 15) is 28.1 Å². The highest BCUT2D eigenvalue weighted by atomic mass is 32.2. The van der Waals surface area contributed by atoms with Crippen LogP contribution in [-0.4, -0.2) is 38.4 Å². The topological polar surface area (TPSA) is 136 Å². The van der Waals surface area contributed by atoms with Crippen LogP contribution in [0.1, 0.15) is 17.3 Å². The van der Waals surface area contributed by atoms with Crippen LogP contribution in [0.5, 0.6) is 0 Å². The number of anilines is 2. The molecule has 0 atom stereocenters. The SMILES string of the molecule is CCOC(=O)c1ccc(NC(=O)CN(c2cccc([N+](=O)[O-])c2)S(=O)(=O)c2ccccc2)cc1. The van der Waals surface area contributed by atoms with Crippen LogP contribution in [0.15, 0.2) is 83.8 Å². The molecule has 0 spiro atoms. The van der Waals surface area contributed by atoms with Gasteiger partial charge in [0.25, 0.3) is 15.7 Å². The zero-order chi connectivity index (χ0) is 24.7. The second-order valence-corrected chi connectivity index (χ2v) is 8.81. The number of benzene rings is 3. The summed E-state index contributed by atoms with van der Waals surface area (Å²) >= 11 is 0. The first-order valence-electron chi connectivity index (χ1n) is 10.1. The Labute approximate surface area is 196 Å². The maximum atomic E-state index is 13.3. The van der Waals surface area contributed by atoms with Crippen LogP contribution in [-0.2, 0) is 19.6 Å². The van der Waals surface area contributed by atoms with Gasteiger partial charge in [0.1, 0.15) is 6.54 Å². The van der Waals surface area contributed by atoms with Crippen molar-refractivity contribution < 1.29 is 27.7 Å². The molecular weight excluding hydrogens is 462 g/mol. The molecule has 0 heterocycles. The number of amides is 1. The molecule has 0 fully saturated rings. The van der Waals surface area contributed by atoms with Crippen LogP contribution in [0.25, 0.3) is 0 Å². The number of nitrogens with zero attached hydrogens (tertiary/aromatic N) is 2. The van der Waals surface area contributed by atoms with Gasteiger partial charge >= 0.3 is 5.97 Å². The van der Waals surface area contributed by atoms with Gasteiger partial charge in [0, 0.05) is 17.8 Å². The van der Waals surface area contributed by atoms with E-state index in [-0.39, 0.29) is 22.9 Å². The van der Waals surface area contributed by atoms with Crippen molar-refractivity contribution in [2.75, 3.05) is 22.8 Å². The molecule has 1 amide bonds. The fourth-order valence-corrected chi connectivity index (χ4v) is 4.47. The van der Waals surface area contributed by atoms with Crippen molar-refractivity contribution in [2.24, 2.45) is 0 Å². The lowest BCUT2D eigenvalue weighted by Crippen LogP contribution is -2.38. The van der Waals surface area contributed by atoms with Crippen LogP contribution in [0.4, 0.5) is 17.1 Å². The maximum Gasteiger partial charge on any atom is 0.338 e. The Balaban J connectivity index is 1.88. The highest BCUT2D eigenvalue weighted by Crippen LogP contribution is 2.27. The fraction of sp³-hybridized carbons (Fsp3) is 0.130. The molecule has 0 bridgehead atoms. The van der Waals surface area contributed by atoms with Gasteiger partial charge in [-0.25, -0.2) is 13.2 Å². The Morgan fingerprint density at radius 3 is 2.29 bits per heavy atom. The zero-order valence-corrected chi connectivity index (χ0v) is 18.9. The lowest BCUT2D eigenvalue weighted by atomic mass is 10.2. The predicted molar refractivity (Wildman–Crippen MR) is 125 cm³/mol. The number of nitrogens with one attached hydrogen (secondary N) is 1. The van der Waals surface area contributed by atoms with E-state index < -0.39 is 33.4 Å². The maximum absolute atomic E-state index is 13.3. The van der Waals surface area contributed by atoms with E-state index in [1.165, 1.54) is 66.7 Å². The Bertz CT molecular complexity index is 1290. The number of nitro benzene ring substituents is 1. The molecule has 1 N–H and O–H groups in total. The standard InChI is InChI=1S/C23H21N3O7S/c1-2-33-23(28)17-11-13-18(14-12-17)24-22(27)16-25(19-7-6-8-20(15-19)26(29)30)34(31,32)21-9-4-3-5-10-21/h3-15H,2,16H2,1H3,(H,24,27). The van der Waals surface area contributed by atoms with Gasteiger partial charge in [0.2, 0.25) is 5.91 Å². The number of hydrogen-bond acceptors (Lipinski definition) is 7. The van der Waals surface area contributed by atoms with Crippen LogP contribution < -0.4 is 9.62 Å². The number of non-ortho nitro benzene ring substituents is 1. The third-order valence-electron chi connectivity index (χ3n) is 4.63. The normalized spacial score (nSPS) is 10.9. The number of esters is 1. The number of carbonyl (C=O) groups excluding carboxylic acids is 2. The van der Waals surface area contributed by atoms with Crippen molar-refractivity contribution in [1.29, 1.82) is 0 Å². The van der Waals surface area contributed by atoms with Gasteiger partial charge in [0.15, 0.2) is 0 Å². The van der Waals surface area contributed by atoms with Gasteiger partial charge in [-0.1, -0.05) is 24.3 Å². The quantitative estimate of drug-likeness (QED) is 0.279. The molecule has 0 unspecified atom stereocenters. The monoisotopic (exact) mass is 483 g/mol. The van der Waals surface area contributed by atoms with E-state index in [1.807, 2.05) is 0 Å². The summed E-state index contributed by atoms with van der Waals surface area (Å²) < 4.78 is 32.3. The van der Waals surface area contributed by atoms with Crippen molar-refractivity contribution in [3.63, 3.8) is 0 Å². The number of ether oxygens (including phenoxy) is 1. The minimum atomic E-state index is -4.22. The summed E-state index contributed by atoms with van der Waals surface area (Å²) in [5.74, 6) is -1.19. The summed E-state index contributed by atoms with van der Waals surface area (Å²) in [4.78, 5) is 35.0. The summed E-state index contributed by atoms with van der Waals surface area (Å²) in [7, 11) is -4.22. The van der Waals surface area contributed by atoms with Crippen LogP contribution in [0, 0.1) is 10.1 Å². The number of carbonyl (C=O) groups is 2. The molecule has 0 saturated carbocycles. The zero-order valence-electron chi connectivity index (χ0n) is 18.1. The Morgan fingerprint density at radius 2 is 1.68 bits per heavy atom. The van der Waals surface area contributed by atoms with Gasteiger partial charge in [-0.05, 0) is 49.4 Å². The lowest BCUT2D eigenvalue weighted by molar-refractivity contribution is -0.384. The molecule has 176 valence electrons. The average molecular weight is 484 g/mol. The molecule has 10 nitrogen and oxygen atoms in total. The third-order valence-corrected chi connectivity index (χ3v) is 6.41. The molecule has 34 heavy (non-hydrogen) atoms. The molecule has 0 radical (unpaired) electrons. The first-order chi connectivity index (χ1) is 16.2. The molecule has 11 heteroatoms. The third kappa shape index (κ3) is 5.75. The first kappa shape index (κ1) is 24.4. The molecule has 0 aliphatic rings.